The minimum atomic E-state index is 0.702. The van der Waals surface area contributed by atoms with Crippen LogP contribution in [0.2, 0.25) is 0 Å². The van der Waals surface area contributed by atoms with Crippen LogP contribution in [0.4, 0.5) is 5.69 Å². The summed E-state index contributed by atoms with van der Waals surface area (Å²) in [7, 11) is 0. The lowest BCUT2D eigenvalue weighted by molar-refractivity contribution is 0.535. The lowest BCUT2D eigenvalue weighted by atomic mass is 9.77. The van der Waals surface area contributed by atoms with Gasteiger partial charge in [0.15, 0.2) is 0 Å². The van der Waals surface area contributed by atoms with Crippen molar-refractivity contribution in [3.63, 3.8) is 0 Å². The third-order valence-electron chi connectivity index (χ3n) is 4.83. The van der Waals surface area contributed by atoms with Crippen LogP contribution in [-0.2, 0) is 19.4 Å². The molecule has 0 aromatic heterocycles. The minimum absolute atomic E-state index is 0.702. The molecule has 1 aliphatic heterocycles. The average molecular weight is 278 g/mol. The Morgan fingerprint density at radius 2 is 1.95 bits per heavy atom. The molecule has 2 nitrogen and oxygen atoms in total. The van der Waals surface area contributed by atoms with Crippen LogP contribution < -0.4 is 10.6 Å². The highest BCUT2D eigenvalue weighted by Gasteiger charge is 2.24. The maximum absolute atomic E-state index is 3.65. The molecule has 0 bridgehead atoms. The van der Waals surface area contributed by atoms with E-state index in [0.717, 1.165) is 19.6 Å². The number of fused-ring (bicyclic) bond motifs is 2. The number of benzene rings is 2. The number of aryl methyl sites for hydroxylation is 1. The molecule has 0 amide bonds. The van der Waals surface area contributed by atoms with E-state index in [4.69, 9.17) is 0 Å². The first kappa shape index (κ1) is 12.9. The molecule has 0 spiro atoms. The Balaban J connectivity index is 1.38. The van der Waals surface area contributed by atoms with Crippen LogP contribution in [-0.4, -0.2) is 13.1 Å². The van der Waals surface area contributed by atoms with E-state index in [1.807, 2.05) is 0 Å². The molecule has 1 unspecified atom stereocenters. The van der Waals surface area contributed by atoms with Crippen molar-refractivity contribution in [2.45, 2.75) is 31.7 Å². The third-order valence-corrected chi connectivity index (χ3v) is 4.83. The zero-order chi connectivity index (χ0) is 14.1. The number of nitrogens with one attached hydrogen (secondary N) is 2. The molecule has 1 aliphatic carbocycles. The number of rotatable bonds is 4. The summed E-state index contributed by atoms with van der Waals surface area (Å²) >= 11 is 0. The van der Waals surface area contributed by atoms with E-state index in [9.17, 15) is 0 Å². The van der Waals surface area contributed by atoms with Crippen LogP contribution in [0.15, 0.2) is 42.5 Å². The summed E-state index contributed by atoms with van der Waals surface area (Å²) in [6.45, 7) is 3.16. The molecule has 2 aliphatic rings. The average Bonchev–Trinajstić information content (AvgIpc) is 2.52. The van der Waals surface area contributed by atoms with Crippen LogP contribution in [0.1, 0.15) is 34.6 Å². The largest absolute Gasteiger partial charge is 0.385 e. The molecule has 0 saturated carbocycles. The molecule has 2 heteroatoms. The third kappa shape index (κ3) is 2.44. The summed E-state index contributed by atoms with van der Waals surface area (Å²) in [6.07, 6.45) is 3.70. The molecule has 2 aromatic rings. The molecule has 0 saturated heterocycles. The normalized spacial score (nSPS) is 19.1. The Morgan fingerprint density at radius 1 is 1.05 bits per heavy atom. The fraction of sp³-hybridized carbons (Fsp3) is 0.368. The van der Waals surface area contributed by atoms with E-state index < -0.39 is 0 Å². The summed E-state index contributed by atoms with van der Waals surface area (Å²) in [6, 6.07) is 15.5. The molecule has 21 heavy (non-hydrogen) atoms. The van der Waals surface area contributed by atoms with Crippen LogP contribution in [0.5, 0.6) is 0 Å². The molecular formula is C19H22N2. The van der Waals surface area contributed by atoms with Crippen molar-refractivity contribution in [2.75, 3.05) is 18.4 Å². The quantitative estimate of drug-likeness (QED) is 0.895. The first-order valence-corrected chi connectivity index (χ1v) is 8.05. The lowest BCUT2D eigenvalue weighted by Crippen LogP contribution is -2.29. The minimum Gasteiger partial charge on any atom is -0.385 e. The second-order valence-corrected chi connectivity index (χ2v) is 6.21. The Hall–Kier alpha value is -1.80. The van der Waals surface area contributed by atoms with Gasteiger partial charge in [0, 0.05) is 31.2 Å². The van der Waals surface area contributed by atoms with Crippen molar-refractivity contribution in [2.24, 2.45) is 0 Å². The Morgan fingerprint density at radius 3 is 2.90 bits per heavy atom. The highest BCUT2D eigenvalue weighted by Crippen LogP contribution is 2.34. The van der Waals surface area contributed by atoms with Gasteiger partial charge in [-0.05, 0) is 41.5 Å². The standard InChI is InChI=1S/C19H22N2/c1-2-9-18-15(5-1)11-17(18)13-20-12-16-7-3-6-14-8-4-10-21-19(14)16/h1-3,5-7,9,17,20-21H,4,8,10-13H2. The Bertz CT molecular complexity index is 648. The van der Waals surface area contributed by atoms with Crippen molar-refractivity contribution < 1.29 is 0 Å². The van der Waals surface area contributed by atoms with Gasteiger partial charge in [-0.1, -0.05) is 42.5 Å². The van der Waals surface area contributed by atoms with E-state index in [1.54, 1.807) is 5.56 Å². The molecule has 0 fully saturated rings. The zero-order valence-electron chi connectivity index (χ0n) is 12.4. The molecule has 4 rings (SSSR count). The van der Waals surface area contributed by atoms with Crippen LogP contribution >= 0.6 is 0 Å². The van der Waals surface area contributed by atoms with Gasteiger partial charge in [-0.25, -0.2) is 0 Å². The van der Waals surface area contributed by atoms with E-state index in [1.165, 1.54) is 41.6 Å². The summed E-state index contributed by atoms with van der Waals surface area (Å²) in [5.41, 5.74) is 7.35. The molecular weight excluding hydrogens is 256 g/mol. The second kappa shape index (κ2) is 5.53. The maximum Gasteiger partial charge on any atom is 0.0418 e. The van der Waals surface area contributed by atoms with Gasteiger partial charge in [0.25, 0.3) is 0 Å². The van der Waals surface area contributed by atoms with Gasteiger partial charge in [0.1, 0.15) is 0 Å². The number of anilines is 1. The Labute approximate surface area is 126 Å². The van der Waals surface area contributed by atoms with Crippen molar-refractivity contribution >= 4 is 5.69 Å². The van der Waals surface area contributed by atoms with Crippen LogP contribution in [0.25, 0.3) is 0 Å². The van der Waals surface area contributed by atoms with Crippen molar-refractivity contribution in [3.05, 3.63) is 64.7 Å². The smallest absolute Gasteiger partial charge is 0.0418 e. The maximum atomic E-state index is 3.65. The van der Waals surface area contributed by atoms with E-state index >= 15 is 0 Å². The van der Waals surface area contributed by atoms with Crippen molar-refractivity contribution in [1.82, 2.24) is 5.32 Å². The lowest BCUT2D eigenvalue weighted by Gasteiger charge is -2.30. The molecule has 1 heterocycles. The molecule has 0 radical (unpaired) electrons. The van der Waals surface area contributed by atoms with Gasteiger partial charge in [0.05, 0.1) is 0 Å². The van der Waals surface area contributed by atoms with E-state index in [2.05, 4.69) is 53.1 Å². The number of para-hydroxylation sites is 1. The topological polar surface area (TPSA) is 24.1 Å². The summed E-state index contributed by atoms with van der Waals surface area (Å²) in [5.74, 6) is 0.702. The number of hydrogen-bond donors (Lipinski definition) is 2. The SMILES string of the molecule is c1ccc2c(c1)CC2CNCc1cccc2c1NCCC2. The van der Waals surface area contributed by atoms with Crippen LogP contribution in [0.3, 0.4) is 0 Å². The van der Waals surface area contributed by atoms with E-state index in [-0.39, 0.29) is 0 Å². The van der Waals surface area contributed by atoms with Gasteiger partial charge in [-0.2, -0.15) is 0 Å². The molecule has 108 valence electrons. The fourth-order valence-corrected chi connectivity index (χ4v) is 3.65. The van der Waals surface area contributed by atoms with Crippen molar-refractivity contribution in [1.29, 1.82) is 0 Å². The molecule has 1 atom stereocenters. The van der Waals surface area contributed by atoms with Gasteiger partial charge in [-0.15, -0.1) is 0 Å². The highest BCUT2D eigenvalue weighted by atomic mass is 14.9. The Kier molecular flexibility index (Phi) is 3.40. The zero-order valence-corrected chi connectivity index (χ0v) is 12.4. The van der Waals surface area contributed by atoms with Crippen LogP contribution in [0, 0.1) is 0 Å². The van der Waals surface area contributed by atoms with Gasteiger partial charge >= 0.3 is 0 Å². The van der Waals surface area contributed by atoms with Gasteiger partial charge in [0.2, 0.25) is 0 Å². The van der Waals surface area contributed by atoms with E-state index in [0.29, 0.717) is 5.92 Å². The summed E-state index contributed by atoms with van der Waals surface area (Å²) in [5, 5.41) is 7.23. The second-order valence-electron chi connectivity index (χ2n) is 6.21. The fourth-order valence-electron chi connectivity index (χ4n) is 3.65. The first-order chi connectivity index (χ1) is 10.4. The summed E-state index contributed by atoms with van der Waals surface area (Å²) < 4.78 is 0. The van der Waals surface area contributed by atoms with Gasteiger partial charge in [-0.3, -0.25) is 0 Å². The number of hydrogen-bond acceptors (Lipinski definition) is 2. The molecule has 2 N–H and O–H groups in total. The van der Waals surface area contributed by atoms with Crippen molar-refractivity contribution in [3.8, 4) is 0 Å². The predicted octanol–water partition coefficient (Wildman–Crippen LogP) is 3.47. The molecule has 2 aromatic carbocycles. The predicted molar refractivity (Wildman–Crippen MR) is 87.8 cm³/mol. The first-order valence-electron chi connectivity index (χ1n) is 8.05. The van der Waals surface area contributed by atoms with Gasteiger partial charge < -0.3 is 10.6 Å². The monoisotopic (exact) mass is 278 g/mol. The summed E-state index contributed by atoms with van der Waals surface area (Å²) in [4.78, 5) is 0. The highest BCUT2D eigenvalue weighted by molar-refractivity contribution is 5.59.